The Balaban J connectivity index is 1.69. The molecule has 0 radical (unpaired) electrons. The number of fused-ring (bicyclic) bond motifs is 1. The van der Waals surface area contributed by atoms with E-state index < -0.39 is 11.7 Å². The molecule has 4 rings (SSSR count). The summed E-state index contributed by atoms with van der Waals surface area (Å²) in [7, 11) is 0. The lowest BCUT2D eigenvalue weighted by atomic mass is 9.96. The average Bonchev–Trinajstić information content (AvgIpc) is 3.06. The first kappa shape index (κ1) is 17.8. The van der Waals surface area contributed by atoms with Crippen LogP contribution in [0.25, 0.3) is 11.0 Å². The fourth-order valence-corrected chi connectivity index (χ4v) is 3.71. The highest BCUT2D eigenvalue weighted by atomic mass is 19.4. The van der Waals surface area contributed by atoms with Crippen molar-refractivity contribution in [3.63, 3.8) is 0 Å². The number of alkyl halides is 3. The van der Waals surface area contributed by atoms with Gasteiger partial charge in [0.1, 0.15) is 11.2 Å². The zero-order valence-corrected chi connectivity index (χ0v) is 14.6. The van der Waals surface area contributed by atoms with Gasteiger partial charge in [-0.15, -0.1) is 0 Å². The number of nitrogens with zero attached hydrogens (tertiary/aromatic N) is 3. The van der Waals surface area contributed by atoms with Crippen molar-refractivity contribution in [2.75, 3.05) is 0 Å². The highest BCUT2D eigenvalue weighted by molar-refractivity contribution is 5.73. The van der Waals surface area contributed by atoms with Gasteiger partial charge in [0, 0.05) is 6.42 Å². The van der Waals surface area contributed by atoms with Crippen LogP contribution in [-0.2, 0) is 12.6 Å². The topological polar surface area (TPSA) is 63.6 Å². The average molecular weight is 376 g/mol. The Bertz CT molecular complexity index is 1020. The molecule has 1 fully saturated rings. The van der Waals surface area contributed by atoms with E-state index in [1.165, 1.54) is 18.7 Å². The molecule has 1 aromatic carbocycles. The normalized spacial score (nSPS) is 16.1. The van der Waals surface area contributed by atoms with E-state index in [0.29, 0.717) is 22.4 Å². The first-order valence-corrected chi connectivity index (χ1v) is 9.04. The lowest BCUT2D eigenvalue weighted by molar-refractivity contribution is -0.137. The summed E-state index contributed by atoms with van der Waals surface area (Å²) in [4.78, 5) is 19.6. The smallest absolute Gasteiger partial charge is 0.310 e. The molecule has 0 spiro atoms. The second-order valence-corrected chi connectivity index (χ2v) is 7.01. The van der Waals surface area contributed by atoms with E-state index in [1.807, 2.05) is 0 Å². The summed E-state index contributed by atoms with van der Waals surface area (Å²) in [6.45, 7) is 0. The van der Waals surface area contributed by atoms with E-state index in [0.717, 1.165) is 37.8 Å². The van der Waals surface area contributed by atoms with Gasteiger partial charge in [-0.25, -0.2) is 9.67 Å². The van der Waals surface area contributed by atoms with Crippen LogP contribution in [0, 0.1) is 0 Å². The van der Waals surface area contributed by atoms with Crippen LogP contribution in [0.1, 0.15) is 55.1 Å². The maximum atomic E-state index is 12.9. The summed E-state index contributed by atoms with van der Waals surface area (Å²) in [6, 6.07) is 5.29. The monoisotopic (exact) mass is 376 g/mol. The molecule has 5 nitrogen and oxygen atoms in total. The zero-order valence-electron chi connectivity index (χ0n) is 14.6. The molecule has 3 aromatic rings. The minimum atomic E-state index is -4.40. The summed E-state index contributed by atoms with van der Waals surface area (Å²) in [5, 5.41) is 4.77. The second-order valence-electron chi connectivity index (χ2n) is 7.01. The molecular formula is C19H19F3N4O. The van der Waals surface area contributed by atoms with E-state index in [9.17, 15) is 18.0 Å². The Morgan fingerprint density at radius 2 is 1.96 bits per heavy atom. The Hall–Kier alpha value is -2.64. The summed E-state index contributed by atoms with van der Waals surface area (Å²) < 4.78 is 40.5. The molecule has 0 aliphatic heterocycles. The van der Waals surface area contributed by atoms with E-state index in [-0.39, 0.29) is 18.0 Å². The van der Waals surface area contributed by atoms with Crippen LogP contribution < -0.4 is 5.56 Å². The Morgan fingerprint density at radius 1 is 1.19 bits per heavy atom. The summed E-state index contributed by atoms with van der Waals surface area (Å²) in [5.74, 6) is 0.337. The quantitative estimate of drug-likeness (QED) is 0.744. The van der Waals surface area contributed by atoms with Crippen LogP contribution in [0.4, 0.5) is 13.2 Å². The maximum Gasteiger partial charge on any atom is 0.416 e. The van der Waals surface area contributed by atoms with Gasteiger partial charge in [0.25, 0.3) is 5.56 Å². The predicted octanol–water partition coefficient (Wildman–Crippen LogP) is 4.23. The van der Waals surface area contributed by atoms with E-state index in [2.05, 4.69) is 15.1 Å². The Morgan fingerprint density at radius 3 is 2.70 bits per heavy atom. The molecule has 0 bridgehead atoms. The fourth-order valence-electron chi connectivity index (χ4n) is 3.71. The molecule has 1 saturated carbocycles. The van der Waals surface area contributed by atoms with Gasteiger partial charge >= 0.3 is 6.18 Å². The zero-order chi connectivity index (χ0) is 19.0. The van der Waals surface area contributed by atoms with E-state index in [1.54, 1.807) is 10.7 Å². The van der Waals surface area contributed by atoms with Crippen LogP contribution in [0.5, 0.6) is 0 Å². The third-order valence-electron chi connectivity index (χ3n) is 5.06. The lowest BCUT2D eigenvalue weighted by Gasteiger charge is -2.22. The number of rotatable bonds is 3. The highest BCUT2D eigenvalue weighted by Gasteiger charge is 2.30. The number of benzene rings is 1. The van der Waals surface area contributed by atoms with Gasteiger partial charge in [0.2, 0.25) is 0 Å². The minimum absolute atomic E-state index is 0.116. The number of nitrogens with one attached hydrogen (secondary N) is 1. The van der Waals surface area contributed by atoms with Crippen LogP contribution in [-0.4, -0.2) is 19.7 Å². The second kappa shape index (κ2) is 6.83. The molecule has 8 heteroatoms. The van der Waals surface area contributed by atoms with Crippen LogP contribution in [0.15, 0.2) is 35.3 Å². The number of hydrogen-bond acceptors (Lipinski definition) is 3. The molecule has 1 aliphatic rings. The summed E-state index contributed by atoms with van der Waals surface area (Å²) in [6.07, 6.45) is 2.65. The highest BCUT2D eigenvalue weighted by Crippen LogP contribution is 2.31. The van der Waals surface area contributed by atoms with Crippen molar-refractivity contribution in [2.45, 2.75) is 50.7 Å². The van der Waals surface area contributed by atoms with Gasteiger partial charge in [0.15, 0.2) is 5.65 Å². The molecule has 0 saturated heterocycles. The van der Waals surface area contributed by atoms with E-state index >= 15 is 0 Å². The van der Waals surface area contributed by atoms with Crippen molar-refractivity contribution in [1.82, 2.24) is 19.7 Å². The number of aromatic nitrogens is 4. The first-order chi connectivity index (χ1) is 12.9. The molecule has 0 unspecified atom stereocenters. The predicted molar refractivity (Wildman–Crippen MR) is 94.5 cm³/mol. The van der Waals surface area contributed by atoms with Gasteiger partial charge in [-0.2, -0.15) is 18.3 Å². The number of aromatic amines is 1. The molecule has 0 atom stereocenters. The third kappa shape index (κ3) is 3.61. The largest absolute Gasteiger partial charge is 0.416 e. The molecule has 1 aliphatic carbocycles. The molecule has 2 heterocycles. The summed E-state index contributed by atoms with van der Waals surface area (Å²) >= 11 is 0. The molecule has 2 aromatic heterocycles. The standard InChI is InChI=1S/C19H19F3N4O/c20-19(21,22)13-6-4-5-12(9-13)10-16-24-17-15(18(27)25-16)11-23-26(17)14-7-2-1-3-8-14/h4-6,9,11,14H,1-3,7-8,10H2,(H,24,25,27). The Kier molecular flexibility index (Phi) is 4.49. The molecular weight excluding hydrogens is 357 g/mol. The van der Waals surface area contributed by atoms with Crippen molar-refractivity contribution < 1.29 is 13.2 Å². The van der Waals surface area contributed by atoms with E-state index in [4.69, 9.17) is 0 Å². The van der Waals surface area contributed by atoms with Crippen molar-refractivity contribution >= 4 is 11.0 Å². The molecule has 27 heavy (non-hydrogen) atoms. The number of halogens is 3. The van der Waals surface area contributed by atoms with Gasteiger partial charge < -0.3 is 4.98 Å². The number of H-pyrrole nitrogens is 1. The van der Waals surface area contributed by atoms with Crippen molar-refractivity contribution in [3.05, 3.63) is 57.8 Å². The van der Waals surface area contributed by atoms with Crippen molar-refractivity contribution in [1.29, 1.82) is 0 Å². The number of hydrogen-bond donors (Lipinski definition) is 1. The minimum Gasteiger partial charge on any atom is -0.310 e. The summed E-state index contributed by atoms with van der Waals surface area (Å²) in [5.41, 5.74) is -0.0802. The van der Waals surface area contributed by atoms with Gasteiger partial charge in [-0.3, -0.25) is 4.79 Å². The lowest BCUT2D eigenvalue weighted by Crippen LogP contribution is -2.17. The molecule has 1 N–H and O–H groups in total. The molecule has 0 amide bonds. The SMILES string of the molecule is O=c1[nH]c(Cc2cccc(C(F)(F)F)c2)nc2c1cnn2C1CCCCC1. The van der Waals surface area contributed by atoms with Gasteiger partial charge in [0.05, 0.1) is 17.8 Å². The maximum absolute atomic E-state index is 12.9. The van der Waals surface area contributed by atoms with Gasteiger partial charge in [-0.1, -0.05) is 37.5 Å². The van der Waals surface area contributed by atoms with Crippen LogP contribution in [0.2, 0.25) is 0 Å². The van der Waals surface area contributed by atoms with Crippen molar-refractivity contribution in [3.8, 4) is 0 Å². The molecule has 142 valence electrons. The Labute approximate surface area is 153 Å². The van der Waals surface area contributed by atoms with Crippen molar-refractivity contribution in [2.24, 2.45) is 0 Å². The van der Waals surface area contributed by atoms with Gasteiger partial charge in [-0.05, 0) is 24.5 Å². The van der Waals surface area contributed by atoms with Crippen LogP contribution >= 0.6 is 0 Å². The first-order valence-electron chi connectivity index (χ1n) is 9.04. The fraction of sp³-hybridized carbons (Fsp3) is 0.421. The third-order valence-corrected chi connectivity index (χ3v) is 5.06. The van der Waals surface area contributed by atoms with Crippen LogP contribution in [0.3, 0.4) is 0 Å².